The number of sulfonamides is 1. The Hall–Kier alpha value is -2.19. The van der Waals surface area contributed by atoms with Crippen molar-refractivity contribution in [2.24, 2.45) is 0 Å². The molecule has 8 heteroatoms. The number of nitrogens with one attached hydrogen (secondary N) is 3. The Bertz CT molecular complexity index is 948. The average molecular weight is 393 g/mol. The number of carbonyl (C=O) groups excluding carboxylic acids is 1. The maximum absolute atomic E-state index is 12.7. The number of amides is 1. The summed E-state index contributed by atoms with van der Waals surface area (Å²) in [7, 11) is -3.73. The summed E-state index contributed by atoms with van der Waals surface area (Å²) in [6.45, 7) is 13.1. The first kappa shape index (κ1) is 21.1. The normalized spacial score (nSPS) is 12.9. The maximum atomic E-state index is 12.7. The Kier molecular flexibility index (Phi) is 5.54. The van der Waals surface area contributed by atoms with Crippen molar-refractivity contribution in [1.29, 1.82) is 0 Å². The van der Waals surface area contributed by atoms with Crippen molar-refractivity contribution in [3.8, 4) is 0 Å². The van der Waals surface area contributed by atoms with Crippen LogP contribution in [0.25, 0.3) is 0 Å². The van der Waals surface area contributed by atoms with Gasteiger partial charge in [0, 0.05) is 28.3 Å². The molecule has 3 N–H and O–H groups in total. The van der Waals surface area contributed by atoms with Gasteiger partial charge in [0.1, 0.15) is 0 Å². The highest BCUT2D eigenvalue weighted by molar-refractivity contribution is 7.89. The van der Waals surface area contributed by atoms with Crippen LogP contribution in [-0.4, -0.2) is 30.1 Å². The van der Waals surface area contributed by atoms with E-state index in [1.165, 1.54) is 12.1 Å². The third kappa shape index (κ3) is 5.40. The molecule has 0 aliphatic rings. The third-order valence-corrected chi connectivity index (χ3v) is 5.59. The molecule has 2 rings (SSSR count). The van der Waals surface area contributed by atoms with Crippen LogP contribution in [0.5, 0.6) is 0 Å². The van der Waals surface area contributed by atoms with E-state index in [1.54, 1.807) is 39.8 Å². The van der Waals surface area contributed by atoms with Gasteiger partial charge in [-0.25, -0.2) is 13.1 Å². The molecule has 27 heavy (non-hydrogen) atoms. The number of hydrogen-bond donors (Lipinski definition) is 3. The van der Waals surface area contributed by atoms with Crippen LogP contribution in [-0.2, 0) is 15.4 Å². The second kappa shape index (κ2) is 7.09. The molecule has 0 fully saturated rings. The summed E-state index contributed by atoms with van der Waals surface area (Å²) < 4.78 is 27.7. The van der Waals surface area contributed by atoms with Gasteiger partial charge in [-0.2, -0.15) is 5.10 Å². The SMILES string of the molecule is Cc1ccc(S(=O)(=O)NC(C)(C)C)cc1C(=O)Nc1cc(C(C)(C)C)[nH]n1. The molecule has 0 aliphatic carbocycles. The second-order valence-electron chi connectivity index (χ2n) is 8.70. The minimum atomic E-state index is -3.73. The quantitative estimate of drug-likeness (QED) is 0.742. The molecule has 7 nitrogen and oxygen atoms in total. The van der Waals surface area contributed by atoms with Gasteiger partial charge in [0.25, 0.3) is 5.91 Å². The van der Waals surface area contributed by atoms with Crippen LogP contribution in [0.4, 0.5) is 5.82 Å². The van der Waals surface area contributed by atoms with Crippen LogP contribution in [0.2, 0.25) is 0 Å². The molecule has 2 aromatic rings. The van der Waals surface area contributed by atoms with Gasteiger partial charge >= 0.3 is 0 Å². The van der Waals surface area contributed by atoms with Crippen LogP contribution >= 0.6 is 0 Å². The number of H-pyrrole nitrogens is 1. The molecule has 1 heterocycles. The number of anilines is 1. The van der Waals surface area contributed by atoms with E-state index in [-0.39, 0.29) is 15.9 Å². The van der Waals surface area contributed by atoms with Crippen molar-refractivity contribution in [1.82, 2.24) is 14.9 Å². The first-order valence-corrected chi connectivity index (χ1v) is 10.2. The molecule has 148 valence electrons. The van der Waals surface area contributed by atoms with E-state index in [9.17, 15) is 13.2 Å². The van der Waals surface area contributed by atoms with Gasteiger partial charge in [-0.1, -0.05) is 26.8 Å². The van der Waals surface area contributed by atoms with Gasteiger partial charge in [0.15, 0.2) is 5.82 Å². The van der Waals surface area contributed by atoms with Gasteiger partial charge in [0.05, 0.1) is 4.90 Å². The van der Waals surface area contributed by atoms with Gasteiger partial charge in [-0.3, -0.25) is 9.89 Å². The van der Waals surface area contributed by atoms with Crippen molar-refractivity contribution in [3.63, 3.8) is 0 Å². The lowest BCUT2D eigenvalue weighted by Gasteiger charge is -2.20. The summed E-state index contributed by atoms with van der Waals surface area (Å²) in [6, 6.07) is 6.27. The third-order valence-electron chi connectivity index (χ3n) is 3.83. The number of aromatic amines is 1. The summed E-state index contributed by atoms with van der Waals surface area (Å²) in [6.07, 6.45) is 0. The molecule has 0 atom stereocenters. The highest BCUT2D eigenvalue weighted by Gasteiger charge is 2.24. The zero-order chi connectivity index (χ0) is 20.6. The van der Waals surface area contributed by atoms with Gasteiger partial charge in [-0.05, 0) is 45.4 Å². The van der Waals surface area contributed by atoms with Crippen LogP contribution in [0.1, 0.15) is 63.2 Å². The molecule has 0 aliphatic heterocycles. The molecular formula is C19H28N4O3S. The molecule has 0 saturated carbocycles. The predicted octanol–water partition coefficient (Wildman–Crippen LogP) is 3.34. The van der Waals surface area contributed by atoms with Crippen molar-refractivity contribution in [2.75, 3.05) is 5.32 Å². The van der Waals surface area contributed by atoms with E-state index in [1.807, 2.05) is 20.8 Å². The number of aromatic nitrogens is 2. The van der Waals surface area contributed by atoms with E-state index in [0.717, 1.165) is 5.69 Å². The summed E-state index contributed by atoms with van der Waals surface area (Å²) in [5.74, 6) is -0.0160. The molecular weight excluding hydrogens is 364 g/mol. The van der Waals surface area contributed by atoms with E-state index in [4.69, 9.17) is 0 Å². The number of benzene rings is 1. The summed E-state index contributed by atoms with van der Waals surface area (Å²) in [4.78, 5) is 12.7. The summed E-state index contributed by atoms with van der Waals surface area (Å²) in [5, 5.41) is 9.74. The fourth-order valence-corrected chi connectivity index (χ4v) is 3.87. The van der Waals surface area contributed by atoms with E-state index >= 15 is 0 Å². The highest BCUT2D eigenvalue weighted by Crippen LogP contribution is 2.23. The smallest absolute Gasteiger partial charge is 0.257 e. The molecule has 1 aromatic heterocycles. The highest BCUT2D eigenvalue weighted by atomic mass is 32.2. The van der Waals surface area contributed by atoms with Crippen molar-refractivity contribution >= 4 is 21.7 Å². The standard InChI is InChI=1S/C19H28N4O3S/c1-12-8-9-13(27(25,26)23-19(5,6)7)10-14(12)17(24)20-16-11-15(21-22-16)18(2,3)4/h8-11,23H,1-7H3,(H2,20,21,22,24). The van der Waals surface area contributed by atoms with E-state index in [2.05, 4.69) is 20.2 Å². The average Bonchev–Trinajstić information content (AvgIpc) is 2.93. The Balaban J connectivity index is 2.30. The van der Waals surface area contributed by atoms with Crippen molar-refractivity contribution in [3.05, 3.63) is 41.1 Å². The second-order valence-corrected chi connectivity index (χ2v) is 10.4. The van der Waals surface area contributed by atoms with Crippen LogP contribution in [0.3, 0.4) is 0 Å². The van der Waals surface area contributed by atoms with Crippen molar-refractivity contribution < 1.29 is 13.2 Å². The van der Waals surface area contributed by atoms with Crippen molar-refractivity contribution in [2.45, 2.75) is 64.3 Å². The number of carbonyl (C=O) groups is 1. The maximum Gasteiger partial charge on any atom is 0.257 e. The largest absolute Gasteiger partial charge is 0.305 e. The predicted molar refractivity (Wildman–Crippen MR) is 106 cm³/mol. The van der Waals surface area contributed by atoms with Crippen LogP contribution < -0.4 is 10.0 Å². The Labute approximate surface area is 161 Å². The van der Waals surface area contributed by atoms with Crippen LogP contribution in [0, 0.1) is 6.92 Å². The number of nitrogens with zero attached hydrogens (tertiary/aromatic N) is 1. The van der Waals surface area contributed by atoms with E-state index < -0.39 is 21.5 Å². The first-order chi connectivity index (χ1) is 12.2. The zero-order valence-electron chi connectivity index (χ0n) is 16.9. The lowest BCUT2D eigenvalue weighted by atomic mass is 9.92. The fourth-order valence-electron chi connectivity index (χ4n) is 2.43. The lowest BCUT2D eigenvalue weighted by Crippen LogP contribution is -2.40. The number of aryl methyl sites for hydroxylation is 1. The first-order valence-electron chi connectivity index (χ1n) is 8.71. The van der Waals surface area contributed by atoms with Gasteiger partial charge in [-0.15, -0.1) is 0 Å². The lowest BCUT2D eigenvalue weighted by molar-refractivity contribution is 0.102. The summed E-state index contributed by atoms with van der Waals surface area (Å²) >= 11 is 0. The van der Waals surface area contributed by atoms with Gasteiger partial charge in [0.2, 0.25) is 10.0 Å². The molecule has 0 saturated heterocycles. The minimum Gasteiger partial charge on any atom is -0.305 e. The minimum absolute atomic E-state index is 0.0468. The molecule has 1 amide bonds. The molecule has 0 unspecified atom stereocenters. The summed E-state index contributed by atoms with van der Waals surface area (Å²) in [5.41, 5.74) is 1.10. The fraction of sp³-hybridized carbons (Fsp3) is 0.474. The molecule has 1 aromatic carbocycles. The number of hydrogen-bond acceptors (Lipinski definition) is 4. The Morgan fingerprint density at radius 2 is 1.70 bits per heavy atom. The van der Waals surface area contributed by atoms with E-state index in [0.29, 0.717) is 11.4 Å². The molecule has 0 spiro atoms. The zero-order valence-corrected chi connectivity index (χ0v) is 17.7. The number of rotatable bonds is 4. The molecule has 0 bridgehead atoms. The van der Waals surface area contributed by atoms with Crippen LogP contribution in [0.15, 0.2) is 29.2 Å². The Morgan fingerprint density at radius 3 is 2.22 bits per heavy atom. The Morgan fingerprint density at radius 1 is 1.07 bits per heavy atom. The topological polar surface area (TPSA) is 104 Å². The van der Waals surface area contributed by atoms with Gasteiger partial charge < -0.3 is 5.32 Å². The monoisotopic (exact) mass is 392 g/mol. The molecule has 0 radical (unpaired) electrons.